The topological polar surface area (TPSA) is 48.0 Å². The van der Waals surface area contributed by atoms with Gasteiger partial charge in [-0.1, -0.05) is 6.42 Å². The molecule has 0 aromatic rings. The van der Waals surface area contributed by atoms with Crippen molar-refractivity contribution in [2.24, 2.45) is 5.41 Å². The highest BCUT2D eigenvalue weighted by molar-refractivity contribution is 5.77. The molecule has 1 amide bonds. The van der Waals surface area contributed by atoms with Gasteiger partial charge in [0.25, 0.3) is 0 Å². The van der Waals surface area contributed by atoms with Crippen LogP contribution in [-0.4, -0.2) is 56.1 Å². The van der Waals surface area contributed by atoms with Crippen molar-refractivity contribution in [3.8, 4) is 0 Å². The van der Waals surface area contributed by atoms with Crippen molar-refractivity contribution >= 4 is 5.91 Å². The summed E-state index contributed by atoms with van der Waals surface area (Å²) < 4.78 is 16.8. The fourth-order valence-electron chi connectivity index (χ4n) is 4.06. The Kier molecular flexibility index (Phi) is 4.52. The number of hydrogen-bond donors (Lipinski definition) is 0. The third-order valence-corrected chi connectivity index (χ3v) is 5.49. The molecule has 0 N–H and O–H groups in total. The van der Waals surface area contributed by atoms with E-state index in [9.17, 15) is 4.79 Å². The molecular formula is C16H27NO4. The first kappa shape index (κ1) is 15.3. The van der Waals surface area contributed by atoms with Gasteiger partial charge >= 0.3 is 0 Å². The molecule has 1 spiro atoms. The molecule has 21 heavy (non-hydrogen) atoms. The van der Waals surface area contributed by atoms with Gasteiger partial charge in [0.05, 0.1) is 25.7 Å². The van der Waals surface area contributed by atoms with Gasteiger partial charge in [0.2, 0.25) is 5.91 Å². The van der Waals surface area contributed by atoms with Gasteiger partial charge in [0, 0.05) is 25.1 Å². The molecule has 3 rings (SSSR count). The van der Waals surface area contributed by atoms with Gasteiger partial charge in [-0.05, 0) is 32.6 Å². The minimum absolute atomic E-state index is 0.133. The average Bonchev–Trinajstić information content (AvgIpc) is 2.41. The van der Waals surface area contributed by atoms with Crippen molar-refractivity contribution in [1.29, 1.82) is 0 Å². The second kappa shape index (κ2) is 6.23. The second-order valence-electron chi connectivity index (χ2n) is 6.52. The molecule has 0 unspecified atom stereocenters. The molecule has 1 heterocycles. The maximum absolute atomic E-state index is 12.5. The maximum atomic E-state index is 12.5. The van der Waals surface area contributed by atoms with E-state index in [2.05, 4.69) is 0 Å². The van der Waals surface area contributed by atoms with Crippen LogP contribution in [0.5, 0.6) is 0 Å². The number of carbonyl (C=O) groups is 1. The van der Waals surface area contributed by atoms with E-state index in [1.807, 2.05) is 18.9 Å². The first-order valence-corrected chi connectivity index (χ1v) is 8.28. The predicted molar refractivity (Wildman–Crippen MR) is 77.8 cm³/mol. The van der Waals surface area contributed by atoms with Gasteiger partial charge in [-0.15, -0.1) is 0 Å². The van der Waals surface area contributed by atoms with E-state index in [1.165, 1.54) is 19.3 Å². The molecule has 0 radical (unpaired) electrons. The predicted octanol–water partition coefficient (Wildman–Crippen LogP) is 1.95. The first-order valence-electron chi connectivity index (χ1n) is 8.28. The summed E-state index contributed by atoms with van der Waals surface area (Å²) in [6.45, 7) is 4.20. The lowest BCUT2D eigenvalue weighted by atomic mass is 9.50. The van der Waals surface area contributed by atoms with Gasteiger partial charge in [0.15, 0.2) is 6.29 Å². The van der Waals surface area contributed by atoms with Crippen molar-refractivity contribution in [1.82, 2.24) is 4.90 Å². The molecule has 3 aliphatic rings. The fourth-order valence-corrected chi connectivity index (χ4v) is 4.06. The van der Waals surface area contributed by atoms with E-state index < -0.39 is 0 Å². The molecule has 2 aliphatic carbocycles. The lowest BCUT2D eigenvalue weighted by molar-refractivity contribution is -0.210. The fraction of sp³-hybridized carbons (Fsp3) is 0.938. The number of nitrogens with zero attached hydrogens (tertiary/aromatic N) is 1. The number of hydrogen-bond acceptors (Lipinski definition) is 4. The van der Waals surface area contributed by atoms with Crippen LogP contribution in [0.1, 0.15) is 45.4 Å². The molecule has 3 fully saturated rings. The highest BCUT2D eigenvalue weighted by atomic mass is 16.7. The van der Waals surface area contributed by atoms with Crippen molar-refractivity contribution in [3.63, 3.8) is 0 Å². The van der Waals surface area contributed by atoms with E-state index in [0.29, 0.717) is 31.8 Å². The summed E-state index contributed by atoms with van der Waals surface area (Å²) in [5, 5.41) is 0. The van der Waals surface area contributed by atoms with Crippen LogP contribution in [0.2, 0.25) is 0 Å². The van der Waals surface area contributed by atoms with Crippen LogP contribution in [-0.2, 0) is 19.0 Å². The summed E-state index contributed by atoms with van der Waals surface area (Å²) in [7, 11) is 1.93. The Labute approximate surface area is 126 Å². The zero-order chi connectivity index (χ0) is 14.9. The average molecular weight is 297 g/mol. The molecule has 0 aromatic carbocycles. The van der Waals surface area contributed by atoms with Gasteiger partial charge in [-0.25, -0.2) is 0 Å². The van der Waals surface area contributed by atoms with Crippen LogP contribution in [0.3, 0.4) is 0 Å². The van der Waals surface area contributed by atoms with E-state index in [4.69, 9.17) is 14.2 Å². The normalized spacial score (nSPS) is 31.5. The van der Waals surface area contributed by atoms with Gasteiger partial charge in [-0.2, -0.15) is 0 Å². The van der Waals surface area contributed by atoms with Crippen LogP contribution in [0.15, 0.2) is 0 Å². The second-order valence-corrected chi connectivity index (χ2v) is 6.52. The van der Waals surface area contributed by atoms with Crippen molar-refractivity contribution < 1.29 is 19.0 Å². The van der Waals surface area contributed by atoms with Gasteiger partial charge in [0.1, 0.15) is 0 Å². The lowest BCUT2D eigenvalue weighted by Gasteiger charge is -2.63. The van der Waals surface area contributed by atoms with Crippen LogP contribution >= 0.6 is 0 Å². The molecule has 120 valence electrons. The minimum atomic E-state index is -0.353. The smallest absolute Gasteiger partial charge is 0.227 e. The van der Waals surface area contributed by atoms with E-state index in [-0.39, 0.29) is 17.6 Å². The Hall–Kier alpha value is -0.650. The van der Waals surface area contributed by atoms with Gasteiger partial charge in [-0.3, -0.25) is 4.79 Å². The van der Waals surface area contributed by atoms with Crippen LogP contribution < -0.4 is 0 Å². The van der Waals surface area contributed by atoms with Crippen LogP contribution in [0.4, 0.5) is 0 Å². The Morgan fingerprint density at radius 2 is 2.00 bits per heavy atom. The van der Waals surface area contributed by atoms with E-state index in [0.717, 1.165) is 19.4 Å². The van der Waals surface area contributed by atoms with Gasteiger partial charge < -0.3 is 19.1 Å². The molecule has 1 aliphatic heterocycles. The standard InChI is InChI=1S/C16H27NO4/c1-3-19-13-10-12(16(13)6-4-7-16)17(2)14(18)11-15-20-8-5-9-21-15/h12-13,15H,3-11H2,1-2H3/t12-,13+/m0/s1. The minimum Gasteiger partial charge on any atom is -0.378 e. The van der Waals surface area contributed by atoms with E-state index >= 15 is 0 Å². The third-order valence-electron chi connectivity index (χ3n) is 5.49. The number of rotatable bonds is 5. The number of ether oxygens (including phenoxy) is 3. The molecule has 5 heteroatoms. The van der Waals surface area contributed by atoms with Crippen LogP contribution in [0, 0.1) is 5.41 Å². The third kappa shape index (κ3) is 2.71. The molecule has 5 nitrogen and oxygen atoms in total. The molecule has 1 saturated heterocycles. The molecule has 2 saturated carbocycles. The Morgan fingerprint density at radius 1 is 1.29 bits per heavy atom. The van der Waals surface area contributed by atoms with Crippen molar-refractivity contribution in [2.45, 2.75) is 63.9 Å². The zero-order valence-corrected chi connectivity index (χ0v) is 13.2. The molecule has 0 bridgehead atoms. The summed E-state index contributed by atoms with van der Waals surface area (Å²) in [4.78, 5) is 14.4. The molecular weight excluding hydrogens is 270 g/mol. The summed E-state index contributed by atoms with van der Waals surface area (Å²) in [6.07, 6.45) is 5.86. The van der Waals surface area contributed by atoms with Crippen LogP contribution in [0.25, 0.3) is 0 Å². The van der Waals surface area contributed by atoms with Crippen molar-refractivity contribution in [3.05, 3.63) is 0 Å². The monoisotopic (exact) mass is 297 g/mol. The maximum Gasteiger partial charge on any atom is 0.227 e. The highest BCUT2D eigenvalue weighted by Crippen LogP contribution is 2.58. The Morgan fingerprint density at radius 3 is 2.57 bits per heavy atom. The molecule has 2 atom stereocenters. The molecule has 0 aromatic heterocycles. The van der Waals surface area contributed by atoms with Crippen molar-refractivity contribution in [2.75, 3.05) is 26.9 Å². The Balaban J connectivity index is 1.55. The SMILES string of the molecule is CCO[C@@H]1C[C@H](N(C)C(=O)CC2OCCCO2)C12CCC2. The first-order chi connectivity index (χ1) is 10.2. The summed E-state index contributed by atoms with van der Waals surface area (Å²) >= 11 is 0. The number of carbonyl (C=O) groups excluding carboxylic acids is 1. The summed E-state index contributed by atoms with van der Waals surface area (Å²) in [5.74, 6) is 0.133. The number of amides is 1. The zero-order valence-electron chi connectivity index (χ0n) is 13.2. The summed E-state index contributed by atoms with van der Waals surface area (Å²) in [6, 6.07) is 0.332. The largest absolute Gasteiger partial charge is 0.378 e. The lowest BCUT2D eigenvalue weighted by Crippen LogP contribution is -2.67. The quantitative estimate of drug-likeness (QED) is 0.778. The highest BCUT2D eigenvalue weighted by Gasteiger charge is 2.60. The van der Waals surface area contributed by atoms with E-state index in [1.54, 1.807) is 0 Å². The Bertz CT molecular complexity index is 376. The summed E-state index contributed by atoms with van der Waals surface area (Å²) in [5.41, 5.74) is 0.231.